The lowest BCUT2D eigenvalue weighted by molar-refractivity contribution is -0.117. The monoisotopic (exact) mass is 276 g/mol. The normalized spacial score (nSPS) is 15.8. The van der Waals surface area contributed by atoms with Crippen molar-refractivity contribution < 1.29 is 14.7 Å². The van der Waals surface area contributed by atoms with Crippen LogP contribution in [0.3, 0.4) is 0 Å². The van der Waals surface area contributed by atoms with Crippen LogP contribution in [-0.2, 0) is 4.79 Å². The van der Waals surface area contributed by atoms with E-state index in [2.05, 4.69) is 5.32 Å². The van der Waals surface area contributed by atoms with Crippen molar-refractivity contribution in [2.45, 2.75) is 38.5 Å². The van der Waals surface area contributed by atoms with Crippen LogP contribution in [0.4, 0.5) is 11.4 Å². The molecule has 0 bridgehead atoms. The molecule has 0 saturated heterocycles. The number of aromatic carboxylic acids is 1. The summed E-state index contributed by atoms with van der Waals surface area (Å²) >= 11 is 0. The number of nitrogen functional groups attached to an aromatic ring is 1. The average Bonchev–Trinajstić information content (AvgIpc) is 2.41. The van der Waals surface area contributed by atoms with Crippen molar-refractivity contribution in [2.24, 2.45) is 5.92 Å². The van der Waals surface area contributed by atoms with Crippen molar-refractivity contribution in [1.82, 2.24) is 0 Å². The minimum atomic E-state index is -1.09. The first-order valence-electron chi connectivity index (χ1n) is 6.99. The maximum atomic E-state index is 12.0. The molecule has 0 aromatic heterocycles. The van der Waals surface area contributed by atoms with E-state index in [0.29, 0.717) is 23.7 Å². The highest BCUT2D eigenvalue weighted by Gasteiger charge is 2.18. The van der Waals surface area contributed by atoms with Gasteiger partial charge in [0, 0.05) is 12.1 Å². The summed E-state index contributed by atoms with van der Waals surface area (Å²) in [5, 5.41) is 11.8. The van der Waals surface area contributed by atoms with Gasteiger partial charge in [-0.15, -0.1) is 0 Å². The first-order chi connectivity index (χ1) is 9.56. The van der Waals surface area contributed by atoms with E-state index in [4.69, 9.17) is 10.8 Å². The third-order valence-electron chi connectivity index (χ3n) is 3.75. The molecule has 0 atom stereocenters. The van der Waals surface area contributed by atoms with Crippen LogP contribution in [0, 0.1) is 5.92 Å². The van der Waals surface area contributed by atoms with E-state index in [0.717, 1.165) is 12.8 Å². The van der Waals surface area contributed by atoms with E-state index < -0.39 is 5.97 Å². The highest BCUT2D eigenvalue weighted by Crippen LogP contribution is 2.27. The van der Waals surface area contributed by atoms with Crippen LogP contribution in [0.5, 0.6) is 0 Å². The van der Waals surface area contributed by atoms with Gasteiger partial charge in [0.2, 0.25) is 5.91 Å². The number of carbonyl (C=O) groups is 2. The molecule has 0 unspecified atom stereocenters. The number of nitrogens with one attached hydrogen (secondary N) is 1. The number of carboxylic acid groups (broad SMARTS) is 1. The molecule has 4 N–H and O–H groups in total. The van der Waals surface area contributed by atoms with Crippen LogP contribution < -0.4 is 11.1 Å². The van der Waals surface area contributed by atoms with Gasteiger partial charge >= 0.3 is 5.97 Å². The second-order valence-corrected chi connectivity index (χ2v) is 5.37. The summed E-state index contributed by atoms with van der Waals surface area (Å²) in [4.78, 5) is 23.1. The fourth-order valence-corrected chi connectivity index (χ4v) is 2.70. The van der Waals surface area contributed by atoms with Gasteiger partial charge in [0.1, 0.15) is 0 Å². The predicted octanol–water partition coefficient (Wildman–Crippen LogP) is 2.88. The minimum Gasteiger partial charge on any atom is -0.478 e. The van der Waals surface area contributed by atoms with Crippen molar-refractivity contribution in [3.05, 3.63) is 23.8 Å². The lowest BCUT2D eigenvalue weighted by Gasteiger charge is -2.21. The molecular formula is C15H20N2O3. The summed E-state index contributed by atoms with van der Waals surface area (Å²) in [6, 6.07) is 4.48. The van der Waals surface area contributed by atoms with E-state index in [1.54, 1.807) is 6.07 Å². The summed E-state index contributed by atoms with van der Waals surface area (Å²) < 4.78 is 0. The molecule has 0 heterocycles. The third-order valence-corrected chi connectivity index (χ3v) is 3.75. The Hall–Kier alpha value is -2.04. The zero-order chi connectivity index (χ0) is 14.5. The van der Waals surface area contributed by atoms with E-state index in [-0.39, 0.29) is 11.5 Å². The van der Waals surface area contributed by atoms with Gasteiger partial charge in [-0.1, -0.05) is 19.3 Å². The standard InChI is InChI=1S/C15H20N2O3/c16-11-6-7-13(12(9-11)15(19)20)17-14(18)8-10-4-2-1-3-5-10/h6-7,9-10H,1-5,8,16H2,(H,17,18)(H,19,20). The number of anilines is 2. The molecule has 1 amide bonds. The Labute approximate surface area is 118 Å². The van der Waals surface area contributed by atoms with Crippen molar-refractivity contribution in [1.29, 1.82) is 0 Å². The topological polar surface area (TPSA) is 92.4 Å². The van der Waals surface area contributed by atoms with Crippen LogP contribution in [0.15, 0.2) is 18.2 Å². The highest BCUT2D eigenvalue weighted by molar-refractivity contribution is 6.01. The minimum absolute atomic E-state index is 0.0296. The fourth-order valence-electron chi connectivity index (χ4n) is 2.70. The largest absolute Gasteiger partial charge is 0.478 e. The van der Waals surface area contributed by atoms with Crippen LogP contribution in [0.25, 0.3) is 0 Å². The van der Waals surface area contributed by atoms with Crippen molar-refractivity contribution in [2.75, 3.05) is 11.1 Å². The van der Waals surface area contributed by atoms with Gasteiger partial charge in [0.15, 0.2) is 0 Å². The van der Waals surface area contributed by atoms with Crippen molar-refractivity contribution in [3.8, 4) is 0 Å². The molecule has 1 aliphatic carbocycles. The predicted molar refractivity (Wildman–Crippen MR) is 77.6 cm³/mol. The van der Waals surface area contributed by atoms with E-state index in [1.165, 1.54) is 31.4 Å². The van der Waals surface area contributed by atoms with Gasteiger partial charge < -0.3 is 16.2 Å². The molecular weight excluding hydrogens is 256 g/mol. The Balaban J connectivity index is 2.01. The van der Waals surface area contributed by atoms with E-state index in [1.807, 2.05) is 0 Å². The maximum Gasteiger partial charge on any atom is 0.337 e. The third kappa shape index (κ3) is 3.73. The fraction of sp³-hybridized carbons (Fsp3) is 0.467. The van der Waals surface area contributed by atoms with Crippen molar-refractivity contribution >= 4 is 23.3 Å². The summed E-state index contributed by atoms with van der Waals surface area (Å²) in [6.45, 7) is 0. The molecule has 5 nitrogen and oxygen atoms in total. The SMILES string of the molecule is Nc1ccc(NC(=O)CC2CCCCC2)c(C(=O)O)c1. The summed E-state index contributed by atoms with van der Waals surface area (Å²) in [6.07, 6.45) is 6.24. The van der Waals surface area contributed by atoms with Crippen LogP contribution in [0.1, 0.15) is 48.9 Å². The number of carboxylic acids is 1. The van der Waals surface area contributed by atoms with Gasteiger partial charge in [-0.2, -0.15) is 0 Å². The first-order valence-corrected chi connectivity index (χ1v) is 6.99. The van der Waals surface area contributed by atoms with Crippen LogP contribution >= 0.6 is 0 Å². The van der Waals surface area contributed by atoms with Gasteiger partial charge in [0.25, 0.3) is 0 Å². The molecule has 20 heavy (non-hydrogen) atoms. The molecule has 1 fully saturated rings. The van der Waals surface area contributed by atoms with Crippen LogP contribution in [-0.4, -0.2) is 17.0 Å². The smallest absolute Gasteiger partial charge is 0.337 e. The van der Waals surface area contributed by atoms with Gasteiger partial charge in [-0.25, -0.2) is 4.79 Å². The molecule has 108 valence electrons. The second kappa shape index (κ2) is 6.41. The van der Waals surface area contributed by atoms with Gasteiger partial charge in [-0.3, -0.25) is 4.79 Å². The molecule has 5 heteroatoms. The number of nitrogens with two attached hydrogens (primary N) is 1. The molecule has 2 rings (SSSR count). The zero-order valence-corrected chi connectivity index (χ0v) is 11.4. The molecule has 1 aromatic rings. The lowest BCUT2D eigenvalue weighted by atomic mass is 9.87. The summed E-state index contributed by atoms with van der Waals surface area (Å²) in [5.74, 6) is -0.791. The number of benzene rings is 1. The molecule has 1 saturated carbocycles. The molecule has 0 aliphatic heterocycles. The number of amides is 1. The summed E-state index contributed by atoms with van der Waals surface area (Å²) in [7, 11) is 0. The molecule has 0 radical (unpaired) electrons. The quantitative estimate of drug-likeness (QED) is 0.737. The first kappa shape index (κ1) is 14.4. The molecule has 0 spiro atoms. The number of rotatable bonds is 4. The number of hydrogen-bond donors (Lipinski definition) is 3. The average molecular weight is 276 g/mol. The van der Waals surface area contributed by atoms with Crippen LogP contribution in [0.2, 0.25) is 0 Å². The second-order valence-electron chi connectivity index (χ2n) is 5.37. The Kier molecular flexibility index (Phi) is 4.61. The Morgan fingerprint density at radius 2 is 1.95 bits per heavy atom. The highest BCUT2D eigenvalue weighted by atomic mass is 16.4. The van der Waals surface area contributed by atoms with Gasteiger partial charge in [0.05, 0.1) is 11.3 Å². The van der Waals surface area contributed by atoms with E-state index >= 15 is 0 Å². The number of carbonyl (C=O) groups excluding carboxylic acids is 1. The Morgan fingerprint density at radius 3 is 2.60 bits per heavy atom. The number of hydrogen-bond acceptors (Lipinski definition) is 3. The van der Waals surface area contributed by atoms with Crippen molar-refractivity contribution in [3.63, 3.8) is 0 Å². The Morgan fingerprint density at radius 1 is 1.25 bits per heavy atom. The molecule has 1 aliphatic rings. The summed E-state index contributed by atoms with van der Waals surface area (Å²) in [5.41, 5.74) is 6.28. The van der Waals surface area contributed by atoms with E-state index in [9.17, 15) is 9.59 Å². The molecule has 1 aromatic carbocycles. The lowest BCUT2D eigenvalue weighted by Crippen LogP contribution is -2.19. The zero-order valence-electron chi connectivity index (χ0n) is 11.4. The maximum absolute atomic E-state index is 12.0. The van der Waals surface area contributed by atoms with Gasteiger partial charge in [-0.05, 0) is 37.0 Å². The Bertz CT molecular complexity index is 508.